The molecule has 1 unspecified atom stereocenters. The van der Waals surface area contributed by atoms with E-state index in [1.165, 1.54) is 0 Å². The van der Waals surface area contributed by atoms with E-state index in [-0.39, 0.29) is 24.5 Å². The highest BCUT2D eigenvalue weighted by Crippen LogP contribution is 2.30. The van der Waals surface area contributed by atoms with Crippen LogP contribution >= 0.6 is 0 Å². The second kappa shape index (κ2) is 8.28. The van der Waals surface area contributed by atoms with Crippen LogP contribution in [0.15, 0.2) is 35.9 Å². The van der Waals surface area contributed by atoms with Crippen LogP contribution in [0.5, 0.6) is 0 Å². The van der Waals surface area contributed by atoms with Crippen LogP contribution in [0.3, 0.4) is 0 Å². The molecule has 8 heteroatoms. The lowest BCUT2D eigenvalue weighted by Gasteiger charge is -2.33. The first kappa shape index (κ1) is 19.2. The Morgan fingerprint density at radius 2 is 1.69 bits per heavy atom. The van der Waals surface area contributed by atoms with Gasteiger partial charge in [0, 0.05) is 0 Å². The van der Waals surface area contributed by atoms with Gasteiger partial charge in [0.25, 0.3) is 0 Å². The monoisotopic (exact) mass is 360 g/mol. The zero-order chi connectivity index (χ0) is 19.3. The zero-order valence-electron chi connectivity index (χ0n) is 14.8. The summed E-state index contributed by atoms with van der Waals surface area (Å²) in [6.45, 7) is 4.89. The normalized spacial score (nSPS) is 16.8. The molecule has 1 N–H and O–H groups in total. The van der Waals surface area contributed by atoms with Crippen LogP contribution in [-0.4, -0.2) is 48.0 Å². The van der Waals surface area contributed by atoms with Gasteiger partial charge in [-0.2, -0.15) is 0 Å². The van der Waals surface area contributed by atoms with E-state index in [1.54, 1.807) is 51.1 Å². The number of imide groups is 1. The highest BCUT2D eigenvalue weighted by molar-refractivity contribution is 6.38. The Kier molecular flexibility index (Phi) is 6.11. The Hall–Kier alpha value is -3.16. The summed E-state index contributed by atoms with van der Waals surface area (Å²) >= 11 is 0. The number of hydrogen-bond donors (Lipinski definition) is 1. The highest BCUT2D eigenvalue weighted by Gasteiger charge is 2.41. The molecule has 8 nitrogen and oxygen atoms in total. The zero-order valence-corrected chi connectivity index (χ0v) is 14.8. The van der Waals surface area contributed by atoms with Crippen LogP contribution in [0.4, 0.5) is 4.79 Å². The van der Waals surface area contributed by atoms with Crippen molar-refractivity contribution in [2.24, 2.45) is 0 Å². The molecule has 0 fully saturated rings. The minimum absolute atomic E-state index is 0.0124. The predicted molar refractivity (Wildman–Crippen MR) is 91.5 cm³/mol. The molecule has 0 spiro atoms. The lowest BCUT2D eigenvalue weighted by molar-refractivity contribution is -0.157. The number of rotatable bonds is 4. The van der Waals surface area contributed by atoms with Crippen molar-refractivity contribution in [3.8, 4) is 0 Å². The van der Waals surface area contributed by atoms with E-state index in [0.29, 0.717) is 10.5 Å². The van der Waals surface area contributed by atoms with Crippen molar-refractivity contribution in [3.63, 3.8) is 0 Å². The molecule has 2 rings (SSSR count). The van der Waals surface area contributed by atoms with E-state index in [1.807, 2.05) is 0 Å². The number of ether oxygens (including phenoxy) is 2. The molecule has 0 radical (unpaired) electrons. The molecule has 1 atom stereocenters. The fraction of sp³-hybridized carbons (Fsp3) is 0.333. The van der Waals surface area contributed by atoms with Crippen molar-refractivity contribution in [2.45, 2.75) is 26.8 Å². The molecule has 138 valence electrons. The number of carbonyl (C=O) groups is 4. The van der Waals surface area contributed by atoms with Gasteiger partial charge >= 0.3 is 23.9 Å². The summed E-state index contributed by atoms with van der Waals surface area (Å²) in [5.74, 6) is -3.05. The van der Waals surface area contributed by atoms with Crippen molar-refractivity contribution in [3.05, 3.63) is 41.5 Å². The van der Waals surface area contributed by atoms with Crippen LogP contribution in [0.1, 0.15) is 26.3 Å². The van der Waals surface area contributed by atoms with Crippen molar-refractivity contribution >= 4 is 29.6 Å². The smallest absolute Gasteiger partial charge is 0.397 e. The van der Waals surface area contributed by atoms with Gasteiger partial charge in [0.15, 0.2) is 0 Å². The summed E-state index contributed by atoms with van der Waals surface area (Å²) in [5.41, 5.74) is 0.517. The van der Waals surface area contributed by atoms with Crippen LogP contribution in [0.25, 0.3) is 5.70 Å². The van der Waals surface area contributed by atoms with Crippen molar-refractivity contribution < 1.29 is 28.7 Å². The first-order valence-electron chi connectivity index (χ1n) is 8.20. The molecule has 0 saturated carbocycles. The van der Waals surface area contributed by atoms with Gasteiger partial charge in [-0.25, -0.2) is 19.3 Å². The largest absolute Gasteiger partial charge is 0.463 e. The van der Waals surface area contributed by atoms with E-state index >= 15 is 0 Å². The molecule has 26 heavy (non-hydrogen) atoms. The minimum Gasteiger partial charge on any atom is -0.463 e. The number of carbonyl (C=O) groups excluding carboxylic acids is 4. The van der Waals surface area contributed by atoms with Gasteiger partial charge in [-0.1, -0.05) is 30.3 Å². The highest BCUT2D eigenvalue weighted by atomic mass is 16.5. The SMILES string of the molecule is CCOC(=O)C(=O)N1C(=O)NC(C)C(C(=O)OCC)=C1c1ccccc1. The fourth-order valence-electron chi connectivity index (χ4n) is 2.59. The third kappa shape index (κ3) is 3.74. The molecule has 1 heterocycles. The Labute approximate surface area is 150 Å². The summed E-state index contributed by atoms with van der Waals surface area (Å²) in [6.07, 6.45) is 0. The third-order valence-corrected chi connectivity index (χ3v) is 3.65. The van der Waals surface area contributed by atoms with E-state index < -0.39 is 29.9 Å². The molecule has 3 amide bonds. The van der Waals surface area contributed by atoms with E-state index in [9.17, 15) is 19.2 Å². The van der Waals surface area contributed by atoms with Gasteiger partial charge in [-0.05, 0) is 26.3 Å². The Bertz CT molecular complexity index is 756. The first-order chi connectivity index (χ1) is 12.4. The topological polar surface area (TPSA) is 102 Å². The van der Waals surface area contributed by atoms with Gasteiger partial charge < -0.3 is 14.8 Å². The first-order valence-corrected chi connectivity index (χ1v) is 8.20. The summed E-state index contributed by atoms with van der Waals surface area (Å²) in [4.78, 5) is 50.0. The number of amides is 3. The average molecular weight is 360 g/mol. The van der Waals surface area contributed by atoms with Crippen molar-refractivity contribution in [2.75, 3.05) is 13.2 Å². The lowest BCUT2D eigenvalue weighted by Crippen LogP contribution is -2.54. The predicted octanol–water partition coefficient (Wildman–Crippen LogP) is 1.46. The van der Waals surface area contributed by atoms with Crippen LogP contribution in [-0.2, 0) is 23.9 Å². The van der Waals surface area contributed by atoms with Gasteiger partial charge in [0.05, 0.1) is 30.5 Å². The standard InChI is InChI=1S/C18H20N2O6/c1-4-25-16(22)13-11(3)19-18(24)20(15(21)17(23)26-5-2)14(13)12-9-7-6-8-10-12/h6-11H,4-5H2,1-3H3,(H,19,24). The lowest BCUT2D eigenvalue weighted by atomic mass is 9.97. The average Bonchev–Trinajstić information content (AvgIpc) is 2.61. The third-order valence-electron chi connectivity index (χ3n) is 3.65. The Balaban J connectivity index is 2.66. The maximum absolute atomic E-state index is 12.5. The number of nitrogens with zero attached hydrogens (tertiary/aromatic N) is 1. The van der Waals surface area contributed by atoms with Gasteiger partial charge in [-0.3, -0.25) is 4.79 Å². The number of hydrogen-bond acceptors (Lipinski definition) is 6. The molecule has 0 bridgehead atoms. The number of urea groups is 1. The second-order valence-corrected chi connectivity index (χ2v) is 5.38. The van der Waals surface area contributed by atoms with Crippen LogP contribution in [0, 0.1) is 0 Å². The molecular formula is C18H20N2O6. The summed E-state index contributed by atoms with van der Waals surface area (Å²) in [7, 11) is 0. The molecule has 1 aromatic carbocycles. The maximum atomic E-state index is 12.5. The number of nitrogens with one attached hydrogen (secondary N) is 1. The van der Waals surface area contributed by atoms with Gasteiger partial charge in [0.2, 0.25) is 0 Å². The number of esters is 2. The minimum atomic E-state index is -1.19. The number of benzene rings is 1. The summed E-state index contributed by atoms with van der Waals surface area (Å²) < 4.78 is 9.78. The van der Waals surface area contributed by atoms with Crippen molar-refractivity contribution in [1.82, 2.24) is 10.2 Å². The molecule has 0 aromatic heterocycles. The van der Waals surface area contributed by atoms with Crippen molar-refractivity contribution in [1.29, 1.82) is 0 Å². The van der Waals surface area contributed by atoms with Crippen LogP contribution < -0.4 is 5.32 Å². The maximum Gasteiger partial charge on any atom is 0.397 e. The van der Waals surface area contributed by atoms with Gasteiger partial charge in [-0.15, -0.1) is 0 Å². The molecule has 0 aliphatic carbocycles. The molecule has 1 aromatic rings. The van der Waals surface area contributed by atoms with Gasteiger partial charge in [0.1, 0.15) is 0 Å². The Morgan fingerprint density at radius 3 is 2.27 bits per heavy atom. The Morgan fingerprint density at radius 1 is 1.08 bits per heavy atom. The van der Waals surface area contributed by atoms with E-state index in [4.69, 9.17) is 9.47 Å². The second-order valence-electron chi connectivity index (χ2n) is 5.38. The van der Waals surface area contributed by atoms with Crippen LogP contribution in [0.2, 0.25) is 0 Å². The summed E-state index contributed by atoms with van der Waals surface area (Å²) in [5, 5.41) is 2.50. The quantitative estimate of drug-likeness (QED) is 0.644. The molecular weight excluding hydrogens is 340 g/mol. The van der Waals surface area contributed by atoms with E-state index in [0.717, 1.165) is 0 Å². The summed E-state index contributed by atoms with van der Waals surface area (Å²) in [6, 6.07) is 6.87. The fourth-order valence-corrected chi connectivity index (χ4v) is 2.59. The molecule has 1 aliphatic rings. The molecule has 0 saturated heterocycles. The van der Waals surface area contributed by atoms with E-state index in [2.05, 4.69) is 5.32 Å². The molecule has 1 aliphatic heterocycles.